The summed E-state index contributed by atoms with van der Waals surface area (Å²) < 4.78 is 0. The SMILES string of the molecule is Cc1nc(Cl)ncc1C=CCC(N)=O. The summed E-state index contributed by atoms with van der Waals surface area (Å²) in [6.45, 7) is 1.82. The van der Waals surface area contributed by atoms with E-state index < -0.39 is 0 Å². The quantitative estimate of drug-likeness (QED) is 0.767. The zero-order chi connectivity index (χ0) is 10.6. The molecule has 0 aliphatic rings. The first-order valence-electron chi connectivity index (χ1n) is 4.03. The molecule has 0 unspecified atom stereocenters. The highest BCUT2D eigenvalue weighted by molar-refractivity contribution is 6.28. The molecule has 0 atom stereocenters. The van der Waals surface area contributed by atoms with Crippen molar-refractivity contribution in [1.29, 1.82) is 0 Å². The number of halogens is 1. The van der Waals surface area contributed by atoms with Crippen LogP contribution in [0.15, 0.2) is 12.3 Å². The van der Waals surface area contributed by atoms with Gasteiger partial charge in [-0.25, -0.2) is 9.97 Å². The van der Waals surface area contributed by atoms with Gasteiger partial charge in [0.15, 0.2) is 0 Å². The number of nitrogens with zero attached hydrogens (tertiary/aromatic N) is 2. The number of rotatable bonds is 3. The van der Waals surface area contributed by atoms with Crippen LogP contribution >= 0.6 is 11.6 Å². The molecular weight excluding hydrogens is 202 g/mol. The number of hydrogen-bond acceptors (Lipinski definition) is 3. The van der Waals surface area contributed by atoms with E-state index in [0.29, 0.717) is 0 Å². The molecule has 1 rings (SSSR count). The molecule has 0 fully saturated rings. The highest BCUT2D eigenvalue weighted by Gasteiger charge is 1.97. The van der Waals surface area contributed by atoms with Crippen LogP contribution in [0.25, 0.3) is 6.08 Å². The van der Waals surface area contributed by atoms with E-state index in [1.807, 2.05) is 6.92 Å². The number of nitrogens with two attached hydrogens (primary N) is 1. The maximum Gasteiger partial charge on any atom is 0.222 e. The van der Waals surface area contributed by atoms with Crippen molar-refractivity contribution < 1.29 is 4.79 Å². The predicted octanol–water partition coefficient (Wildman–Crippen LogP) is 1.33. The van der Waals surface area contributed by atoms with Gasteiger partial charge in [0.05, 0.1) is 0 Å². The summed E-state index contributed by atoms with van der Waals surface area (Å²) in [4.78, 5) is 18.2. The minimum Gasteiger partial charge on any atom is -0.369 e. The van der Waals surface area contributed by atoms with E-state index in [-0.39, 0.29) is 17.6 Å². The minimum absolute atomic E-state index is 0.210. The Morgan fingerprint density at radius 2 is 2.43 bits per heavy atom. The van der Waals surface area contributed by atoms with Gasteiger partial charge in [0, 0.05) is 23.9 Å². The molecule has 2 N–H and O–H groups in total. The van der Waals surface area contributed by atoms with Crippen LogP contribution in [-0.2, 0) is 4.79 Å². The third-order valence-electron chi connectivity index (χ3n) is 1.60. The molecule has 0 radical (unpaired) electrons. The molecule has 0 saturated carbocycles. The van der Waals surface area contributed by atoms with E-state index in [0.717, 1.165) is 11.3 Å². The lowest BCUT2D eigenvalue weighted by molar-refractivity contribution is -0.117. The molecule has 0 spiro atoms. The fraction of sp³-hybridized carbons (Fsp3) is 0.222. The van der Waals surface area contributed by atoms with Gasteiger partial charge in [-0.05, 0) is 18.5 Å². The Hall–Kier alpha value is -1.42. The van der Waals surface area contributed by atoms with E-state index >= 15 is 0 Å². The largest absolute Gasteiger partial charge is 0.369 e. The van der Waals surface area contributed by atoms with Crippen molar-refractivity contribution in [3.8, 4) is 0 Å². The first-order valence-corrected chi connectivity index (χ1v) is 4.41. The Labute approximate surface area is 86.8 Å². The van der Waals surface area contributed by atoms with Crippen LogP contribution in [0.5, 0.6) is 0 Å². The summed E-state index contributed by atoms with van der Waals surface area (Å²) in [6.07, 6.45) is 5.22. The molecule has 0 saturated heterocycles. The Morgan fingerprint density at radius 3 is 3.00 bits per heavy atom. The lowest BCUT2D eigenvalue weighted by atomic mass is 10.2. The molecule has 0 aliphatic heterocycles. The molecule has 1 aromatic rings. The van der Waals surface area contributed by atoms with Gasteiger partial charge in [-0.3, -0.25) is 4.79 Å². The van der Waals surface area contributed by atoms with Crippen molar-refractivity contribution in [2.24, 2.45) is 5.73 Å². The Balaban J connectivity index is 2.76. The molecule has 14 heavy (non-hydrogen) atoms. The monoisotopic (exact) mass is 211 g/mol. The highest BCUT2D eigenvalue weighted by atomic mass is 35.5. The molecule has 74 valence electrons. The summed E-state index contributed by atoms with van der Waals surface area (Å²) in [7, 11) is 0. The van der Waals surface area contributed by atoms with E-state index in [1.165, 1.54) is 0 Å². The van der Waals surface area contributed by atoms with Gasteiger partial charge in [0.2, 0.25) is 11.2 Å². The van der Waals surface area contributed by atoms with Crippen molar-refractivity contribution in [2.75, 3.05) is 0 Å². The Kier molecular flexibility index (Phi) is 3.59. The molecule has 1 amide bonds. The predicted molar refractivity (Wildman–Crippen MR) is 54.6 cm³/mol. The summed E-state index contributed by atoms with van der Waals surface area (Å²) in [5.74, 6) is -0.367. The normalized spacial score (nSPS) is 10.7. The first kappa shape index (κ1) is 10.7. The Bertz CT molecular complexity index is 376. The lowest BCUT2D eigenvalue weighted by Crippen LogP contribution is -2.07. The molecule has 4 nitrogen and oxygen atoms in total. The summed E-state index contributed by atoms with van der Waals surface area (Å²) >= 11 is 5.58. The first-order chi connectivity index (χ1) is 6.59. The van der Waals surface area contributed by atoms with Gasteiger partial charge in [0.25, 0.3) is 0 Å². The van der Waals surface area contributed by atoms with Crippen LogP contribution in [0.3, 0.4) is 0 Å². The van der Waals surface area contributed by atoms with Gasteiger partial charge in [-0.15, -0.1) is 0 Å². The average molecular weight is 212 g/mol. The van der Waals surface area contributed by atoms with E-state index in [9.17, 15) is 4.79 Å². The van der Waals surface area contributed by atoms with E-state index in [1.54, 1.807) is 18.3 Å². The van der Waals surface area contributed by atoms with Crippen molar-refractivity contribution in [3.05, 3.63) is 28.8 Å². The number of primary amides is 1. The lowest BCUT2D eigenvalue weighted by Gasteiger charge is -1.97. The van der Waals surface area contributed by atoms with E-state index in [4.69, 9.17) is 17.3 Å². The molecule has 0 bridgehead atoms. The van der Waals surface area contributed by atoms with Gasteiger partial charge in [-0.1, -0.05) is 12.2 Å². The summed E-state index contributed by atoms with van der Waals surface area (Å²) in [5.41, 5.74) is 6.57. The van der Waals surface area contributed by atoms with Crippen LogP contribution in [-0.4, -0.2) is 15.9 Å². The smallest absolute Gasteiger partial charge is 0.222 e. The zero-order valence-corrected chi connectivity index (χ0v) is 8.45. The van der Waals surface area contributed by atoms with Crippen molar-refractivity contribution in [2.45, 2.75) is 13.3 Å². The van der Waals surface area contributed by atoms with Gasteiger partial charge >= 0.3 is 0 Å². The fourth-order valence-corrected chi connectivity index (χ4v) is 1.09. The summed E-state index contributed by atoms with van der Waals surface area (Å²) in [5, 5.41) is 0.217. The maximum absolute atomic E-state index is 10.4. The van der Waals surface area contributed by atoms with Crippen molar-refractivity contribution in [3.63, 3.8) is 0 Å². The maximum atomic E-state index is 10.4. The van der Waals surface area contributed by atoms with Gasteiger partial charge in [0.1, 0.15) is 0 Å². The Morgan fingerprint density at radius 1 is 1.71 bits per heavy atom. The molecule has 1 aromatic heterocycles. The molecule has 5 heteroatoms. The van der Waals surface area contributed by atoms with Crippen LogP contribution in [0.1, 0.15) is 17.7 Å². The molecule has 0 aliphatic carbocycles. The number of hydrogen-bond donors (Lipinski definition) is 1. The third-order valence-corrected chi connectivity index (χ3v) is 1.79. The highest BCUT2D eigenvalue weighted by Crippen LogP contribution is 2.09. The number of amides is 1. The standard InChI is InChI=1S/C9H10ClN3O/c1-6-7(3-2-4-8(11)14)5-12-9(10)13-6/h2-3,5H,4H2,1H3,(H2,11,14). The number of carbonyl (C=O) groups is 1. The van der Waals surface area contributed by atoms with Crippen molar-refractivity contribution >= 4 is 23.6 Å². The second-order valence-corrected chi connectivity index (χ2v) is 3.09. The van der Waals surface area contributed by atoms with Crippen LogP contribution in [0.4, 0.5) is 0 Å². The second kappa shape index (κ2) is 4.72. The second-order valence-electron chi connectivity index (χ2n) is 2.75. The minimum atomic E-state index is -0.367. The number of aromatic nitrogens is 2. The summed E-state index contributed by atoms with van der Waals surface area (Å²) in [6, 6.07) is 0. The number of aryl methyl sites for hydroxylation is 1. The topological polar surface area (TPSA) is 68.9 Å². The number of carbonyl (C=O) groups excluding carboxylic acids is 1. The van der Waals surface area contributed by atoms with Crippen LogP contribution < -0.4 is 5.73 Å². The molecule has 0 aromatic carbocycles. The molecule has 1 heterocycles. The van der Waals surface area contributed by atoms with Gasteiger partial charge in [-0.2, -0.15) is 0 Å². The third kappa shape index (κ3) is 3.14. The van der Waals surface area contributed by atoms with Crippen LogP contribution in [0, 0.1) is 6.92 Å². The van der Waals surface area contributed by atoms with Gasteiger partial charge < -0.3 is 5.73 Å². The molecular formula is C9H10ClN3O. The fourth-order valence-electron chi connectivity index (χ4n) is 0.914. The van der Waals surface area contributed by atoms with Crippen molar-refractivity contribution in [1.82, 2.24) is 9.97 Å². The average Bonchev–Trinajstić information content (AvgIpc) is 2.08. The zero-order valence-electron chi connectivity index (χ0n) is 7.70. The van der Waals surface area contributed by atoms with Crippen LogP contribution in [0.2, 0.25) is 5.28 Å². The van der Waals surface area contributed by atoms with E-state index in [2.05, 4.69) is 9.97 Å².